The van der Waals surface area contributed by atoms with Crippen LogP contribution < -0.4 is 4.74 Å². The highest BCUT2D eigenvalue weighted by Crippen LogP contribution is 2.51. The van der Waals surface area contributed by atoms with Gasteiger partial charge in [-0.25, -0.2) is 0 Å². The van der Waals surface area contributed by atoms with Gasteiger partial charge in [0.25, 0.3) is 0 Å². The van der Waals surface area contributed by atoms with Crippen LogP contribution in [0.3, 0.4) is 0 Å². The number of methoxy groups -OCH3 is 1. The normalized spacial score (nSPS) is 36.2. The molecule has 2 aliphatic rings. The molecule has 4 rings (SSSR count). The quantitative estimate of drug-likeness (QED) is 0.412. The minimum absolute atomic E-state index is 0.0221. The van der Waals surface area contributed by atoms with E-state index >= 15 is 0 Å². The van der Waals surface area contributed by atoms with Crippen LogP contribution in [0.5, 0.6) is 11.5 Å². The summed E-state index contributed by atoms with van der Waals surface area (Å²) >= 11 is 0. The summed E-state index contributed by atoms with van der Waals surface area (Å²) in [6.07, 6.45) is 5.32. The largest absolute Gasteiger partial charge is 0.504 e. The first-order valence-electron chi connectivity index (χ1n) is 13.4. The minimum Gasteiger partial charge on any atom is -0.504 e. The molecule has 1 aromatic carbocycles. The summed E-state index contributed by atoms with van der Waals surface area (Å²) in [4.78, 5) is 0. The molecule has 0 aliphatic carbocycles. The Morgan fingerprint density at radius 2 is 1.74 bits per heavy atom. The maximum absolute atomic E-state index is 11.4. The second-order valence-corrected chi connectivity index (χ2v) is 11.6. The van der Waals surface area contributed by atoms with Crippen molar-refractivity contribution in [2.75, 3.05) is 7.11 Å². The average molecular weight is 485 g/mol. The number of rotatable bonds is 1. The Morgan fingerprint density at radius 3 is 2.43 bits per heavy atom. The Labute approximate surface area is 210 Å². The van der Waals surface area contributed by atoms with E-state index in [0.29, 0.717) is 23.1 Å². The van der Waals surface area contributed by atoms with E-state index in [1.54, 1.807) is 7.11 Å². The number of aromatic hydroxyl groups is 1. The van der Waals surface area contributed by atoms with Crippen molar-refractivity contribution >= 4 is 11.0 Å². The predicted octanol–water partition coefficient (Wildman–Crippen LogP) is 7.42. The molecule has 4 bridgehead atoms. The van der Waals surface area contributed by atoms with E-state index in [9.17, 15) is 10.2 Å². The van der Waals surface area contributed by atoms with Gasteiger partial charge in [-0.15, -0.1) is 0 Å². The van der Waals surface area contributed by atoms with Crippen molar-refractivity contribution in [2.45, 2.75) is 98.4 Å². The molecular weight excluding hydrogens is 440 g/mol. The van der Waals surface area contributed by atoms with Crippen LogP contribution in [0.4, 0.5) is 0 Å². The second kappa shape index (κ2) is 10.2. The number of aryl methyl sites for hydroxylation is 1. The standard InChI is InChI=1S/C30H44O5/c1-15-9-10-23-19(5)26(31)20(6)29(34-23)25-22-14-24(18(4)13-17(3)12-16(2)11-15)35-28(22)21(7)30(33-8)27(25)32/h12,14-15,17-20,23,26,29,31-32H,9-11,13H2,1-8H3/b16-12+/t15-,17+,18-,19-,20+,23+,26-,29+/m0/s1. The Bertz CT molecular complexity index is 1080. The Hall–Kier alpha value is -1.98. The third-order valence-electron chi connectivity index (χ3n) is 8.54. The van der Waals surface area contributed by atoms with Crippen LogP contribution in [-0.2, 0) is 4.74 Å². The summed E-state index contributed by atoms with van der Waals surface area (Å²) in [7, 11) is 1.57. The van der Waals surface area contributed by atoms with Crippen LogP contribution in [0, 0.1) is 30.6 Å². The molecule has 5 nitrogen and oxygen atoms in total. The lowest BCUT2D eigenvalue weighted by atomic mass is 9.77. The predicted molar refractivity (Wildman–Crippen MR) is 140 cm³/mol. The molecule has 194 valence electrons. The van der Waals surface area contributed by atoms with Gasteiger partial charge in [-0.1, -0.05) is 46.3 Å². The average Bonchev–Trinajstić information content (AvgIpc) is 3.23. The zero-order valence-corrected chi connectivity index (χ0v) is 22.7. The molecule has 5 heteroatoms. The number of aliphatic hydroxyl groups is 1. The first-order chi connectivity index (χ1) is 16.5. The summed E-state index contributed by atoms with van der Waals surface area (Å²) in [6.45, 7) is 15.1. The molecule has 3 heterocycles. The van der Waals surface area contributed by atoms with Gasteiger partial charge in [0.05, 0.1) is 25.4 Å². The van der Waals surface area contributed by atoms with Gasteiger partial charge in [0.1, 0.15) is 11.3 Å². The van der Waals surface area contributed by atoms with Crippen molar-refractivity contribution < 1.29 is 24.1 Å². The SMILES string of the molecule is COc1c(O)c2c3cc(oc3c1C)[C@@H](C)C[C@H](C)/C=C(\C)C[C@@H](C)CC[C@H]1O[C@@H]2[C@H](C)[C@@H](O)[C@H]1C. The molecule has 0 unspecified atom stereocenters. The number of ether oxygens (including phenoxy) is 2. The maximum Gasteiger partial charge on any atom is 0.167 e. The van der Waals surface area contributed by atoms with Crippen molar-refractivity contribution in [3.05, 3.63) is 34.6 Å². The Kier molecular flexibility index (Phi) is 7.59. The molecule has 1 aromatic heterocycles. The molecule has 1 fully saturated rings. The van der Waals surface area contributed by atoms with Gasteiger partial charge in [0.15, 0.2) is 11.5 Å². The summed E-state index contributed by atoms with van der Waals surface area (Å²) < 4.78 is 18.8. The van der Waals surface area contributed by atoms with E-state index in [0.717, 1.165) is 48.0 Å². The topological polar surface area (TPSA) is 72.1 Å². The van der Waals surface area contributed by atoms with E-state index < -0.39 is 12.2 Å². The zero-order chi connectivity index (χ0) is 25.6. The number of hydrogen-bond acceptors (Lipinski definition) is 5. The number of phenols is 1. The lowest BCUT2D eigenvalue weighted by Gasteiger charge is -2.43. The van der Waals surface area contributed by atoms with Gasteiger partial charge in [-0.05, 0) is 57.4 Å². The molecule has 2 N–H and O–H groups in total. The number of allylic oxidation sites excluding steroid dienone is 2. The van der Waals surface area contributed by atoms with E-state index in [-0.39, 0.29) is 29.6 Å². The van der Waals surface area contributed by atoms with Gasteiger partial charge in [-0.3, -0.25) is 0 Å². The number of aliphatic hydroxyl groups excluding tert-OH is 1. The highest BCUT2D eigenvalue weighted by molar-refractivity contribution is 5.90. The van der Waals surface area contributed by atoms with Gasteiger partial charge >= 0.3 is 0 Å². The molecule has 2 aromatic rings. The number of phenolic OH excluding ortho intramolecular Hbond substituents is 1. The molecule has 35 heavy (non-hydrogen) atoms. The lowest BCUT2D eigenvalue weighted by molar-refractivity contribution is -0.168. The van der Waals surface area contributed by atoms with Gasteiger partial charge in [0.2, 0.25) is 0 Å². The third-order valence-corrected chi connectivity index (χ3v) is 8.54. The number of furan rings is 1. The van der Waals surface area contributed by atoms with Crippen LogP contribution in [0.2, 0.25) is 0 Å². The summed E-state index contributed by atoms with van der Waals surface area (Å²) in [6, 6.07) is 2.08. The van der Waals surface area contributed by atoms with Crippen molar-refractivity contribution in [3.63, 3.8) is 0 Å². The van der Waals surface area contributed by atoms with Gasteiger partial charge in [0, 0.05) is 34.3 Å². The summed E-state index contributed by atoms with van der Waals surface area (Å²) in [5.74, 6) is 2.46. The van der Waals surface area contributed by atoms with Crippen molar-refractivity contribution in [2.24, 2.45) is 23.7 Å². The molecule has 0 saturated carbocycles. The lowest BCUT2D eigenvalue weighted by Crippen LogP contribution is -2.45. The van der Waals surface area contributed by atoms with E-state index in [2.05, 4.69) is 46.8 Å². The van der Waals surface area contributed by atoms with Crippen molar-refractivity contribution in [3.8, 4) is 11.5 Å². The molecule has 1 saturated heterocycles. The van der Waals surface area contributed by atoms with E-state index in [1.165, 1.54) is 5.57 Å². The molecule has 8 atom stereocenters. The van der Waals surface area contributed by atoms with Crippen LogP contribution in [0.15, 0.2) is 22.1 Å². The van der Waals surface area contributed by atoms with Crippen LogP contribution in [-0.4, -0.2) is 29.5 Å². The monoisotopic (exact) mass is 484 g/mol. The highest BCUT2D eigenvalue weighted by Gasteiger charge is 2.43. The fraction of sp³-hybridized carbons (Fsp3) is 0.667. The maximum atomic E-state index is 11.4. The number of benzene rings is 1. The van der Waals surface area contributed by atoms with Gasteiger partial charge in [-0.2, -0.15) is 0 Å². The minimum atomic E-state index is -0.525. The van der Waals surface area contributed by atoms with Crippen molar-refractivity contribution in [1.29, 1.82) is 0 Å². The van der Waals surface area contributed by atoms with Crippen LogP contribution in [0.25, 0.3) is 11.0 Å². The first-order valence-corrected chi connectivity index (χ1v) is 13.4. The van der Waals surface area contributed by atoms with Crippen LogP contribution >= 0.6 is 0 Å². The van der Waals surface area contributed by atoms with Crippen molar-refractivity contribution in [1.82, 2.24) is 0 Å². The smallest absolute Gasteiger partial charge is 0.167 e. The van der Waals surface area contributed by atoms with Crippen LogP contribution in [0.1, 0.15) is 96.1 Å². The summed E-state index contributed by atoms with van der Waals surface area (Å²) in [5, 5.41) is 23.5. The molecule has 2 aliphatic heterocycles. The Morgan fingerprint density at radius 1 is 1.03 bits per heavy atom. The second-order valence-electron chi connectivity index (χ2n) is 11.6. The molecule has 0 amide bonds. The highest BCUT2D eigenvalue weighted by atomic mass is 16.5. The Balaban J connectivity index is 1.91. The van der Waals surface area contributed by atoms with E-state index in [1.807, 2.05) is 13.8 Å². The fourth-order valence-electron chi connectivity index (χ4n) is 6.57. The number of hydrogen-bond donors (Lipinski definition) is 2. The summed E-state index contributed by atoms with van der Waals surface area (Å²) in [5.41, 5.74) is 3.63. The van der Waals surface area contributed by atoms with E-state index in [4.69, 9.17) is 13.9 Å². The molecule has 0 spiro atoms. The number of fused-ring (bicyclic) bond motifs is 4. The molecular formula is C30H44O5. The molecule has 0 radical (unpaired) electrons. The fourth-order valence-corrected chi connectivity index (χ4v) is 6.57. The van der Waals surface area contributed by atoms with Gasteiger partial charge < -0.3 is 24.1 Å². The zero-order valence-electron chi connectivity index (χ0n) is 22.7. The third kappa shape index (κ3) is 4.86. The first kappa shape index (κ1) is 26.1.